The molecule has 164 valence electrons. The highest BCUT2D eigenvalue weighted by atomic mass is 32.2. The molecule has 0 fully saturated rings. The maximum atomic E-state index is 13.2. The predicted molar refractivity (Wildman–Crippen MR) is 123 cm³/mol. The lowest BCUT2D eigenvalue weighted by Crippen LogP contribution is -2.40. The fourth-order valence-electron chi connectivity index (χ4n) is 3.51. The van der Waals surface area contributed by atoms with Crippen molar-refractivity contribution in [3.05, 3.63) is 103 Å². The van der Waals surface area contributed by atoms with Crippen molar-refractivity contribution in [2.24, 2.45) is 0 Å². The van der Waals surface area contributed by atoms with Crippen LogP contribution in [0.4, 0.5) is 0 Å². The Balaban J connectivity index is 1.54. The average molecular weight is 449 g/mol. The number of benzene rings is 3. The number of hydrogen-bond donors (Lipinski definition) is 0. The van der Waals surface area contributed by atoms with E-state index in [0.29, 0.717) is 12.3 Å². The van der Waals surface area contributed by atoms with Gasteiger partial charge in [-0.1, -0.05) is 60.7 Å². The third kappa shape index (κ3) is 4.90. The number of rotatable bonds is 8. The molecule has 7 heteroatoms. The van der Waals surface area contributed by atoms with E-state index in [1.165, 1.54) is 7.05 Å². The number of nitrogens with zero attached hydrogens (tertiary/aromatic N) is 2. The summed E-state index contributed by atoms with van der Waals surface area (Å²) in [7, 11) is -2.40. The third-order valence-corrected chi connectivity index (χ3v) is 7.08. The maximum absolute atomic E-state index is 13.2. The summed E-state index contributed by atoms with van der Waals surface area (Å²) in [6, 6.07) is 25.7. The minimum absolute atomic E-state index is 0.159. The Morgan fingerprint density at radius 1 is 0.844 bits per heavy atom. The zero-order chi connectivity index (χ0) is 22.6. The van der Waals surface area contributed by atoms with Gasteiger partial charge >= 0.3 is 0 Å². The van der Waals surface area contributed by atoms with Gasteiger partial charge in [0.2, 0.25) is 15.9 Å². The topological polar surface area (TPSA) is 70.8 Å². The minimum atomic E-state index is -3.83. The summed E-state index contributed by atoms with van der Waals surface area (Å²) in [5.74, 6) is 0.325. The number of carbonyl (C=O) groups is 1. The molecule has 0 spiro atoms. The highest BCUT2D eigenvalue weighted by Crippen LogP contribution is 2.21. The third-order valence-electron chi connectivity index (χ3n) is 5.28. The van der Waals surface area contributed by atoms with E-state index in [2.05, 4.69) is 0 Å². The van der Waals surface area contributed by atoms with Crippen LogP contribution in [0.15, 0.2) is 101 Å². The maximum Gasteiger partial charge on any atom is 0.243 e. The molecule has 4 aromatic rings. The Bertz CT molecular complexity index is 1300. The van der Waals surface area contributed by atoms with Crippen molar-refractivity contribution < 1.29 is 17.6 Å². The lowest BCUT2D eigenvalue weighted by Gasteiger charge is -2.25. The zero-order valence-corrected chi connectivity index (χ0v) is 18.5. The summed E-state index contributed by atoms with van der Waals surface area (Å²) < 4.78 is 32.8. The van der Waals surface area contributed by atoms with Gasteiger partial charge in [0.1, 0.15) is 5.76 Å². The second-order valence-electron chi connectivity index (χ2n) is 7.58. The van der Waals surface area contributed by atoms with E-state index in [1.807, 2.05) is 54.6 Å². The molecule has 0 aliphatic heterocycles. The van der Waals surface area contributed by atoms with E-state index in [4.69, 9.17) is 4.42 Å². The smallest absolute Gasteiger partial charge is 0.243 e. The SMILES string of the molecule is CN(CC(=O)N(Cc1ccccc1)Cc1ccco1)S(=O)(=O)c1ccc2ccccc2c1. The molecule has 3 aromatic carbocycles. The van der Waals surface area contributed by atoms with Gasteiger partial charge in [0.15, 0.2) is 0 Å². The molecule has 0 bridgehead atoms. The van der Waals surface area contributed by atoms with Gasteiger partial charge in [0.25, 0.3) is 0 Å². The molecule has 0 saturated carbocycles. The van der Waals surface area contributed by atoms with Crippen molar-refractivity contribution in [2.45, 2.75) is 18.0 Å². The first-order valence-electron chi connectivity index (χ1n) is 10.2. The van der Waals surface area contributed by atoms with Crippen molar-refractivity contribution in [1.29, 1.82) is 0 Å². The van der Waals surface area contributed by atoms with Crippen LogP contribution in [-0.4, -0.2) is 37.1 Å². The molecule has 32 heavy (non-hydrogen) atoms. The summed E-state index contributed by atoms with van der Waals surface area (Å²) >= 11 is 0. The number of hydrogen-bond acceptors (Lipinski definition) is 4. The normalized spacial score (nSPS) is 11.7. The van der Waals surface area contributed by atoms with Crippen LogP contribution in [0.5, 0.6) is 0 Å². The monoisotopic (exact) mass is 448 g/mol. The molecule has 4 rings (SSSR count). The zero-order valence-electron chi connectivity index (χ0n) is 17.7. The number of carbonyl (C=O) groups excluding carboxylic acids is 1. The van der Waals surface area contributed by atoms with Crippen LogP contribution in [0.25, 0.3) is 10.8 Å². The van der Waals surface area contributed by atoms with Crippen LogP contribution >= 0.6 is 0 Å². The van der Waals surface area contributed by atoms with E-state index >= 15 is 0 Å². The molecule has 1 aromatic heterocycles. The quantitative estimate of drug-likeness (QED) is 0.403. The van der Waals surface area contributed by atoms with Gasteiger partial charge in [-0.05, 0) is 40.6 Å². The van der Waals surface area contributed by atoms with E-state index in [-0.39, 0.29) is 23.9 Å². The van der Waals surface area contributed by atoms with Gasteiger partial charge in [-0.15, -0.1) is 0 Å². The van der Waals surface area contributed by atoms with Gasteiger partial charge in [0, 0.05) is 13.6 Å². The van der Waals surface area contributed by atoms with Crippen LogP contribution in [0.3, 0.4) is 0 Å². The van der Waals surface area contributed by atoms with E-state index in [0.717, 1.165) is 20.6 Å². The molecule has 1 heterocycles. The molecule has 0 saturated heterocycles. The van der Waals surface area contributed by atoms with Crippen LogP contribution in [0, 0.1) is 0 Å². The Kier molecular flexibility index (Phi) is 6.39. The van der Waals surface area contributed by atoms with Gasteiger partial charge < -0.3 is 9.32 Å². The summed E-state index contributed by atoms with van der Waals surface area (Å²) in [5, 5.41) is 1.79. The van der Waals surface area contributed by atoms with Crippen LogP contribution < -0.4 is 0 Å². The second-order valence-corrected chi connectivity index (χ2v) is 9.63. The highest BCUT2D eigenvalue weighted by Gasteiger charge is 2.26. The number of sulfonamides is 1. The van der Waals surface area contributed by atoms with Crippen LogP contribution in [0.2, 0.25) is 0 Å². The number of likely N-dealkylation sites (N-methyl/N-ethyl adjacent to an activating group) is 1. The number of amides is 1. The highest BCUT2D eigenvalue weighted by molar-refractivity contribution is 7.89. The molecule has 6 nitrogen and oxygen atoms in total. The first-order chi connectivity index (χ1) is 15.4. The fourth-order valence-corrected chi connectivity index (χ4v) is 4.67. The van der Waals surface area contributed by atoms with E-state index in [9.17, 15) is 13.2 Å². The molecule has 0 aliphatic carbocycles. The van der Waals surface area contributed by atoms with Crippen LogP contribution in [-0.2, 0) is 27.9 Å². The molecule has 0 radical (unpaired) electrons. The van der Waals surface area contributed by atoms with Crippen molar-refractivity contribution >= 4 is 26.7 Å². The Hall–Kier alpha value is -3.42. The molecule has 0 atom stereocenters. The standard InChI is InChI=1S/C25H24N2O4S/c1-26(32(29,30)24-14-13-21-10-5-6-11-22(21)16-24)19-25(28)27(18-23-12-7-15-31-23)17-20-8-3-2-4-9-20/h2-16H,17-19H2,1H3. The molecule has 0 unspecified atom stereocenters. The molecule has 1 amide bonds. The molecular formula is C25H24N2O4S. The summed E-state index contributed by atoms with van der Waals surface area (Å²) in [6.45, 7) is 0.331. The molecular weight excluding hydrogens is 424 g/mol. The number of furan rings is 1. The fraction of sp³-hybridized carbons (Fsp3) is 0.160. The van der Waals surface area contributed by atoms with Gasteiger partial charge in [-0.3, -0.25) is 4.79 Å². The summed E-state index contributed by atoms with van der Waals surface area (Å²) in [6.07, 6.45) is 1.55. The van der Waals surface area contributed by atoms with Gasteiger partial charge in [-0.2, -0.15) is 4.31 Å². The van der Waals surface area contributed by atoms with E-state index in [1.54, 1.807) is 41.5 Å². The van der Waals surface area contributed by atoms with Gasteiger partial charge in [-0.25, -0.2) is 8.42 Å². The lowest BCUT2D eigenvalue weighted by atomic mass is 10.1. The van der Waals surface area contributed by atoms with Crippen LogP contribution in [0.1, 0.15) is 11.3 Å². The Labute approximate surface area is 187 Å². The van der Waals surface area contributed by atoms with Crippen molar-refractivity contribution in [3.8, 4) is 0 Å². The van der Waals surface area contributed by atoms with Crippen molar-refractivity contribution in [1.82, 2.24) is 9.21 Å². The van der Waals surface area contributed by atoms with Gasteiger partial charge in [0.05, 0.1) is 24.2 Å². The first-order valence-corrected chi connectivity index (χ1v) is 11.7. The molecule has 0 aliphatic rings. The summed E-state index contributed by atoms with van der Waals surface area (Å²) in [4.78, 5) is 14.9. The lowest BCUT2D eigenvalue weighted by molar-refractivity contribution is -0.132. The summed E-state index contributed by atoms with van der Waals surface area (Å²) in [5.41, 5.74) is 0.951. The predicted octanol–water partition coefficient (Wildman–Crippen LogP) is 4.28. The molecule has 0 N–H and O–H groups in total. The first kappa shape index (κ1) is 21.8. The van der Waals surface area contributed by atoms with Crippen molar-refractivity contribution in [3.63, 3.8) is 0 Å². The Morgan fingerprint density at radius 2 is 1.56 bits per heavy atom. The van der Waals surface area contributed by atoms with E-state index < -0.39 is 10.0 Å². The Morgan fingerprint density at radius 3 is 2.28 bits per heavy atom. The minimum Gasteiger partial charge on any atom is -0.467 e. The number of fused-ring (bicyclic) bond motifs is 1. The van der Waals surface area contributed by atoms with Crippen molar-refractivity contribution in [2.75, 3.05) is 13.6 Å². The second kappa shape index (κ2) is 9.38. The largest absolute Gasteiger partial charge is 0.467 e. The average Bonchev–Trinajstić information content (AvgIpc) is 3.32.